The van der Waals surface area contributed by atoms with Crippen LogP contribution in [0.3, 0.4) is 0 Å². The van der Waals surface area contributed by atoms with Crippen molar-refractivity contribution in [2.45, 2.75) is 56.3 Å². The van der Waals surface area contributed by atoms with Crippen LogP contribution in [0.5, 0.6) is 0 Å². The van der Waals surface area contributed by atoms with Crippen molar-refractivity contribution in [2.24, 2.45) is 0 Å². The highest BCUT2D eigenvalue weighted by Crippen LogP contribution is 2.58. The van der Waals surface area contributed by atoms with Crippen LogP contribution >= 0.6 is 18.5 Å². The van der Waals surface area contributed by atoms with E-state index in [9.17, 15) is 0 Å². The Morgan fingerprint density at radius 2 is 1.59 bits per heavy atom. The van der Waals surface area contributed by atoms with Gasteiger partial charge >= 0.3 is 0 Å². The molecule has 1 aliphatic rings. The monoisotopic (exact) mass is 304 g/mol. The smallest absolute Gasteiger partial charge is 0.0506 e. The zero-order valence-corrected chi connectivity index (χ0v) is 15.6. The first-order valence-corrected chi connectivity index (χ1v) is 16.0. The van der Waals surface area contributed by atoms with Gasteiger partial charge in [0.1, 0.15) is 0 Å². The molecule has 0 nitrogen and oxygen atoms in total. The minimum atomic E-state index is -1.17. The summed E-state index contributed by atoms with van der Waals surface area (Å²) in [7, 11) is -2.72. The van der Waals surface area contributed by atoms with Crippen molar-refractivity contribution in [1.82, 2.24) is 0 Å². The van der Waals surface area contributed by atoms with E-state index >= 15 is 0 Å². The van der Waals surface area contributed by atoms with Crippen molar-refractivity contribution in [3.8, 4) is 0 Å². The van der Waals surface area contributed by atoms with Gasteiger partial charge < -0.3 is 0 Å². The van der Waals surface area contributed by atoms with E-state index in [1.165, 1.54) is 0 Å². The summed E-state index contributed by atoms with van der Waals surface area (Å²) in [4.78, 5) is 0.841. The van der Waals surface area contributed by atoms with E-state index in [4.69, 9.17) is 11.2 Å². The lowest BCUT2D eigenvalue weighted by atomic mass is 10.2. The average Bonchev–Trinajstić information content (AvgIpc) is 2.14. The van der Waals surface area contributed by atoms with Crippen molar-refractivity contribution in [2.75, 3.05) is 0 Å². The molecule has 2 atom stereocenters. The summed E-state index contributed by atoms with van der Waals surface area (Å²) in [6, 6.07) is 0. The molecule has 0 radical (unpaired) electrons. The highest BCUT2D eigenvalue weighted by molar-refractivity contribution is 7.89. The molecule has 0 N–H and O–H groups in total. The topological polar surface area (TPSA) is 0 Å². The van der Waals surface area contributed by atoms with Crippen LogP contribution in [0.15, 0.2) is 24.3 Å². The van der Waals surface area contributed by atoms with Gasteiger partial charge in [0.05, 0.1) is 16.1 Å². The predicted octanol–water partition coefficient (Wildman–Crippen LogP) is 5.63. The van der Waals surface area contributed by atoms with Gasteiger partial charge in [-0.3, -0.25) is 0 Å². The highest BCUT2D eigenvalue weighted by atomic mass is 35.7. The minimum Gasteiger partial charge on any atom is -0.0961 e. The van der Waals surface area contributed by atoms with Crippen molar-refractivity contribution >= 4 is 34.7 Å². The third kappa shape index (κ3) is 4.34. The van der Waals surface area contributed by atoms with E-state index in [0.29, 0.717) is 5.66 Å². The third-order valence-corrected chi connectivity index (χ3v) is 21.8. The number of allylic oxidation sites excluding steroid dienone is 4. The summed E-state index contributed by atoms with van der Waals surface area (Å²) in [6.45, 7) is 15.0. The second-order valence-corrected chi connectivity index (χ2v) is 22.3. The molecule has 0 aliphatic heterocycles. The highest BCUT2D eigenvalue weighted by Gasteiger charge is 2.44. The molecule has 0 fully saturated rings. The SMILES string of the molecule is C[Si](C)(C)C(P(Cl)C1C=CC=CC1)[Si](C)(C)C. The van der Waals surface area contributed by atoms with Gasteiger partial charge in [-0.05, 0) is 18.6 Å². The number of hydrogen-bond acceptors (Lipinski definition) is 0. The van der Waals surface area contributed by atoms with Crippen LogP contribution in [0.2, 0.25) is 39.3 Å². The van der Waals surface area contributed by atoms with Gasteiger partial charge in [-0.25, -0.2) is 0 Å². The van der Waals surface area contributed by atoms with Crippen molar-refractivity contribution in [1.29, 1.82) is 0 Å². The van der Waals surface area contributed by atoms with Crippen LogP contribution < -0.4 is 0 Å². The summed E-state index contributed by atoms with van der Waals surface area (Å²) in [5, 5.41) is 0. The molecule has 1 rings (SSSR count). The second-order valence-electron chi connectivity index (χ2n) is 7.09. The maximum Gasteiger partial charge on any atom is 0.0506 e. The maximum atomic E-state index is 6.94. The lowest BCUT2D eigenvalue weighted by Gasteiger charge is -2.43. The molecule has 0 aromatic heterocycles. The summed E-state index contributed by atoms with van der Waals surface area (Å²) < 4.78 is 0. The molecular weight excluding hydrogens is 279 g/mol. The average molecular weight is 305 g/mol. The Morgan fingerprint density at radius 1 is 1.06 bits per heavy atom. The summed E-state index contributed by atoms with van der Waals surface area (Å²) >= 11 is 6.94. The van der Waals surface area contributed by atoms with E-state index in [1.807, 2.05) is 0 Å². The molecule has 98 valence electrons. The molecule has 4 heteroatoms. The second kappa shape index (κ2) is 5.73. The van der Waals surface area contributed by atoms with Crippen LogP contribution in [0.4, 0.5) is 0 Å². The first-order valence-electron chi connectivity index (χ1n) is 6.41. The van der Waals surface area contributed by atoms with Gasteiger partial charge in [-0.1, -0.05) is 74.8 Å². The van der Waals surface area contributed by atoms with Gasteiger partial charge in [0.2, 0.25) is 0 Å². The fraction of sp³-hybridized carbons (Fsp3) is 0.692. The molecule has 0 amide bonds. The zero-order valence-electron chi connectivity index (χ0n) is 12.0. The fourth-order valence-electron chi connectivity index (χ4n) is 2.98. The first kappa shape index (κ1) is 15.7. The molecule has 2 unspecified atom stereocenters. The minimum absolute atomic E-state index is 0.381. The van der Waals surface area contributed by atoms with Gasteiger partial charge in [-0.15, -0.1) is 0 Å². The van der Waals surface area contributed by atoms with Gasteiger partial charge in [0, 0.05) is 5.66 Å². The molecule has 1 aliphatic carbocycles. The standard InChI is InChI=1S/C13H26ClPSi2/c1-16(2,3)13(17(4,5)6)15(14)12-10-8-7-9-11-12/h7-10,12-13H,11H2,1-6H3. The Kier molecular flexibility index (Phi) is 5.29. The Bertz CT molecular complexity index is 298. The van der Waals surface area contributed by atoms with E-state index < -0.39 is 16.1 Å². The number of halogens is 1. The Morgan fingerprint density at radius 3 is 1.94 bits per heavy atom. The molecule has 0 aromatic carbocycles. The van der Waals surface area contributed by atoms with E-state index in [0.717, 1.165) is 11.3 Å². The molecule has 0 spiro atoms. The quantitative estimate of drug-likeness (QED) is 0.466. The third-order valence-electron chi connectivity index (χ3n) is 3.16. The summed E-state index contributed by atoms with van der Waals surface area (Å²) in [6.07, 6.45) is 10.1. The van der Waals surface area contributed by atoms with Crippen LogP contribution in [0, 0.1) is 0 Å². The van der Waals surface area contributed by atoms with Crippen LogP contribution in [-0.2, 0) is 0 Å². The normalized spacial score (nSPS) is 23.2. The van der Waals surface area contributed by atoms with E-state index in [-0.39, 0.29) is 7.27 Å². The van der Waals surface area contributed by atoms with Crippen LogP contribution in [-0.4, -0.2) is 26.7 Å². The predicted molar refractivity (Wildman–Crippen MR) is 89.9 cm³/mol. The molecular formula is C13H26ClPSi2. The molecule has 0 saturated heterocycles. The molecule has 0 heterocycles. The number of hydrogen-bond donors (Lipinski definition) is 0. The first-order chi connectivity index (χ1) is 7.64. The van der Waals surface area contributed by atoms with Crippen LogP contribution in [0.1, 0.15) is 6.42 Å². The zero-order chi connectivity index (χ0) is 13.3. The molecule has 0 bridgehead atoms. The summed E-state index contributed by atoms with van der Waals surface area (Å²) in [5.74, 6) is 0. The summed E-state index contributed by atoms with van der Waals surface area (Å²) in [5.41, 5.74) is 0.611. The lowest BCUT2D eigenvalue weighted by Crippen LogP contribution is -2.52. The molecule has 17 heavy (non-hydrogen) atoms. The Balaban J connectivity index is 2.91. The van der Waals surface area contributed by atoms with Crippen molar-refractivity contribution in [3.05, 3.63) is 24.3 Å². The van der Waals surface area contributed by atoms with Gasteiger partial charge in [0.15, 0.2) is 0 Å². The van der Waals surface area contributed by atoms with Gasteiger partial charge in [-0.2, -0.15) is 0 Å². The largest absolute Gasteiger partial charge is 0.0961 e. The lowest BCUT2D eigenvalue weighted by molar-refractivity contribution is 1.04. The van der Waals surface area contributed by atoms with Gasteiger partial charge in [0.25, 0.3) is 0 Å². The molecule has 0 aromatic rings. The number of rotatable bonds is 4. The van der Waals surface area contributed by atoms with Crippen molar-refractivity contribution < 1.29 is 0 Å². The maximum absolute atomic E-state index is 6.94. The van der Waals surface area contributed by atoms with E-state index in [1.54, 1.807) is 0 Å². The Labute approximate surface area is 115 Å². The Hall–Kier alpha value is 0.634. The molecule has 0 saturated carbocycles. The van der Waals surface area contributed by atoms with E-state index in [2.05, 4.69) is 63.6 Å². The van der Waals surface area contributed by atoms with Crippen molar-refractivity contribution in [3.63, 3.8) is 0 Å². The van der Waals surface area contributed by atoms with Crippen LogP contribution in [0.25, 0.3) is 0 Å². The fourth-order valence-corrected chi connectivity index (χ4v) is 27.1.